The molecule has 0 aliphatic heterocycles. The molecule has 1 aromatic carbocycles. The summed E-state index contributed by atoms with van der Waals surface area (Å²) in [6.45, 7) is 14.0. The first-order valence-electron chi connectivity index (χ1n) is 7.56. The van der Waals surface area contributed by atoms with E-state index in [-0.39, 0.29) is 18.0 Å². The van der Waals surface area contributed by atoms with Crippen LogP contribution in [0.1, 0.15) is 51.3 Å². The molecule has 0 fully saturated rings. The second-order valence-corrected chi connectivity index (χ2v) is 5.89. The molecule has 2 nitrogen and oxygen atoms in total. The summed E-state index contributed by atoms with van der Waals surface area (Å²) in [5, 5.41) is 0. The minimum absolute atomic E-state index is 0.106. The van der Waals surface area contributed by atoms with Gasteiger partial charge in [-0.05, 0) is 65.2 Å². The van der Waals surface area contributed by atoms with Crippen LogP contribution in [0.4, 0.5) is 0 Å². The van der Waals surface area contributed by atoms with Gasteiger partial charge < -0.3 is 4.90 Å². The molecule has 1 atom stereocenters. The van der Waals surface area contributed by atoms with Crippen molar-refractivity contribution in [2.24, 2.45) is 0 Å². The minimum atomic E-state index is -0.833. The Balaban J connectivity index is 3.18. The van der Waals surface area contributed by atoms with Crippen LogP contribution in [-0.4, -0.2) is 22.9 Å². The molecule has 106 valence electrons. The Morgan fingerprint density at radius 1 is 1.11 bits per heavy atom. The van der Waals surface area contributed by atoms with Crippen LogP contribution in [0.25, 0.3) is 0 Å². The van der Waals surface area contributed by atoms with Crippen molar-refractivity contribution in [3.05, 3.63) is 34.4 Å². The fourth-order valence-electron chi connectivity index (χ4n) is 2.72. The first-order chi connectivity index (χ1) is 9.16. The Bertz CT molecular complexity index is 463. The topological polar surface area (TPSA) is 20.3 Å². The Kier molecular flexibility index (Phi) is 4.62. The van der Waals surface area contributed by atoms with Crippen LogP contribution in [0.15, 0.2) is 12.1 Å². The summed E-state index contributed by atoms with van der Waals surface area (Å²) in [7, 11) is 0. The SMILES string of the molecule is [2H]C(C(=O)N(C(C)C)C(C)C)c1c(C)cc(C)cc1C. The van der Waals surface area contributed by atoms with Crippen LogP contribution in [0, 0.1) is 20.8 Å². The van der Waals surface area contributed by atoms with Crippen molar-refractivity contribution in [2.75, 3.05) is 0 Å². The molecule has 1 aromatic rings. The monoisotopic (exact) mass is 262 g/mol. The Labute approximate surface area is 119 Å². The van der Waals surface area contributed by atoms with E-state index in [2.05, 4.69) is 0 Å². The van der Waals surface area contributed by atoms with E-state index in [4.69, 9.17) is 1.37 Å². The number of carbonyl (C=O) groups is 1. The number of hydrogen-bond acceptors (Lipinski definition) is 1. The third kappa shape index (κ3) is 3.82. The third-order valence-electron chi connectivity index (χ3n) is 3.37. The van der Waals surface area contributed by atoms with Gasteiger partial charge in [0, 0.05) is 13.5 Å². The number of nitrogens with zero attached hydrogens (tertiary/aromatic N) is 1. The second-order valence-electron chi connectivity index (χ2n) is 5.89. The molecular formula is C17H27NO. The molecule has 0 saturated heterocycles. The van der Waals surface area contributed by atoms with Crippen molar-refractivity contribution in [1.29, 1.82) is 0 Å². The van der Waals surface area contributed by atoms with Crippen LogP contribution in [-0.2, 0) is 11.2 Å². The number of rotatable bonds is 4. The summed E-state index contributed by atoms with van der Waals surface area (Å²) >= 11 is 0. The number of benzene rings is 1. The second kappa shape index (κ2) is 6.23. The van der Waals surface area contributed by atoms with Gasteiger partial charge in [-0.1, -0.05) is 17.7 Å². The van der Waals surface area contributed by atoms with Gasteiger partial charge in [-0.2, -0.15) is 0 Å². The number of amides is 1. The van der Waals surface area contributed by atoms with Crippen LogP contribution in [0.2, 0.25) is 0 Å². The van der Waals surface area contributed by atoms with E-state index in [1.807, 2.05) is 60.6 Å². The number of hydrogen-bond donors (Lipinski definition) is 0. The number of carbonyl (C=O) groups excluding carboxylic acids is 1. The minimum Gasteiger partial charge on any atom is -0.338 e. The summed E-state index contributed by atoms with van der Waals surface area (Å²) < 4.78 is 8.40. The lowest BCUT2D eigenvalue weighted by Crippen LogP contribution is -2.43. The summed E-state index contributed by atoms with van der Waals surface area (Å²) in [5.41, 5.74) is 4.09. The van der Waals surface area contributed by atoms with Crippen molar-refractivity contribution in [2.45, 2.75) is 66.9 Å². The maximum atomic E-state index is 12.7. The molecule has 0 aliphatic rings. The van der Waals surface area contributed by atoms with E-state index in [1.165, 1.54) is 5.56 Å². The first-order valence-corrected chi connectivity index (χ1v) is 6.99. The van der Waals surface area contributed by atoms with E-state index >= 15 is 0 Å². The zero-order valence-corrected chi connectivity index (χ0v) is 13.2. The Morgan fingerprint density at radius 3 is 1.89 bits per heavy atom. The van der Waals surface area contributed by atoms with Gasteiger partial charge in [-0.25, -0.2) is 0 Å². The average Bonchev–Trinajstić information content (AvgIpc) is 2.25. The van der Waals surface area contributed by atoms with Gasteiger partial charge in [-0.3, -0.25) is 4.79 Å². The van der Waals surface area contributed by atoms with Gasteiger partial charge in [0.2, 0.25) is 5.91 Å². The zero-order valence-electron chi connectivity index (χ0n) is 14.2. The largest absolute Gasteiger partial charge is 0.338 e. The van der Waals surface area contributed by atoms with Crippen LogP contribution >= 0.6 is 0 Å². The lowest BCUT2D eigenvalue weighted by Gasteiger charge is -2.31. The highest BCUT2D eigenvalue weighted by atomic mass is 16.2. The van der Waals surface area contributed by atoms with Crippen molar-refractivity contribution in [3.63, 3.8) is 0 Å². The highest BCUT2D eigenvalue weighted by Gasteiger charge is 2.21. The molecule has 0 spiro atoms. The van der Waals surface area contributed by atoms with Crippen LogP contribution in [0.5, 0.6) is 0 Å². The van der Waals surface area contributed by atoms with E-state index in [9.17, 15) is 4.79 Å². The molecule has 0 radical (unpaired) electrons. The predicted octanol–water partition coefficient (Wildman–Crippen LogP) is 3.80. The highest BCUT2D eigenvalue weighted by Crippen LogP contribution is 2.19. The molecule has 0 saturated carbocycles. The molecule has 0 aromatic heterocycles. The van der Waals surface area contributed by atoms with Gasteiger partial charge in [0.1, 0.15) is 0 Å². The standard InChI is InChI=1S/C17H27NO/c1-11(2)18(12(3)4)17(19)10-16-14(6)8-13(5)9-15(16)7/h8-9,11-12H,10H2,1-7H3/i10D. The molecule has 0 N–H and O–H groups in total. The smallest absolute Gasteiger partial charge is 0.227 e. The van der Waals surface area contributed by atoms with E-state index in [0.29, 0.717) is 0 Å². The first kappa shape index (κ1) is 14.1. The summed E-state index contributed by atoms with van der Waals surface area (Å²) in [5.74, 6) is -0.106. The lowest BCUT2D eigenvalue weighted by atomic mass is 9.96. The van der Waals surface area contributed by atoms with E-state index < -0.39 is 6.40 Å². The molecule has 1 rings (SSSR count). The molecule has 0 heterocycles. The van der Waals surface area contributed by atoms with Gasteiger partial charge in [0.15, 0.2) is 0 Å². The van der Waals surface area contributed by atoms with Gasteiger partial charge >= 0.3 is 0 Å². The fraction of sp³-hybridized carbons (Fsp3) is 0.588. The van der Waals surface area contributed by atoms with Crippen molar-refractivity contribution < 1.29 is 6.17 Å². The van der Waals surface area contributed by atoms with Gasteiger partial charge in [0.05, 0.1) is 6.40 Å². The normalized spacial score (nSPS) is 13.6. The van der Waals surface area contributed by atoms with Crippen molar-refractivity contribution in [1.82, 2.24) is 4.90 Å². The fourth-order valence-corrected chi connectivity index (χ4v) is 2.72. The molecule has 0 bridgehead atoms. The van der Waals surface area contributed by atoms with Gasteiger partial charge in [0.25, 0.3) is 0 Å². The lowest BCUT2D eigenvalue weighted by molar-refractivity contribution is -0.134. The summed E-state index contributed by atoms with van der Waals surface area (Å²) in [6, 6.07) is 4.32. The highest BCUT2D eigenvalue weighted by molar-refractivity contribution is 5.80. The zero-order chi connectivity index (χ0) is 15.6. The van der Waals surface area contributed by atoms with Crippen LogP contribution < -0.4 is 0 Å². The Hall–Kier alpha value is -1.31. The van der Waals surface area contributed by atoms with E-state index in [1.54, 1.807) is 4.90 Å². The average molecular weight is 262 g/mol. The van der Waals surface area contributed by atoms with Gasteiger partial charge in [-0.15, -0.1) is 0 Å². The summed E-state index contributed by atoms with van der Waals surface area (Å²) in [4.78, 5) is 14.5. The molecule has 0 aliphatic carbocycles. The van der Waals surface area contributed by atoms with Crippen LogP contribution in [0.3, 0.4) is 0 Å². The quantitative estimate of drug-likeness (QED) is 0.808. The maximum absolute atomic E-state index is 12.7. The number of aryl methyl sites for hydroxylation is 3. The molecular weight excluding hydrogens is 234 g/mol. The van der Waals surface area contributed by atoms with Crippen molar-refractivity contribution in [3.8, 4) is 0 Å². The third-order valence-corrected chi connectivity index (χ3v) is 3.37. The molecule has 1 amide bonds. The molecule has 1 unspecified atom stereocenters. The molecule has 2 heteroatoms. The van der Waals surface area contributed by atoms with E-state index in [0.717, 1.165) is 16.7 Å². The Morgan fingerprint density at radius 2 is 1.53 bits per heavy atom. The summed E-state index contributed by atoms with van der Waals surface area (Å²) in [6.07, 6.45) is -0.833. The van der Waals surface area contributed by atoms with Crippen molar-refractivity contribution >= 4 is 5.91 Å². The predicted molar refractivity (Wildman–Crippen MR) is 81.5 cm³/mol. The molecule has 19 heavy (non-hydrogen) atoms. The maximum Gasteiger partial charge on any atom is 0.227 e.